The molecule has 0 radical (unpaired) electrons. The van der Waals surface area contributed by atoms with Gasteiger partial charge in [-0.3, -0.25) is 0 Å². The van der Waals surface area contributed by atoms with Crippen molar-refractivity contribution in [2.75, 3.05) is 5.32 Å². The molecule has 0 aliphatic heterocycles. The zero-order valence-electron chi connectivity index (χ0n) is 11.9. The fraction of sp³-hybridized carbons (Fsp3) is 0.438. The molecule has 2 aromatic rings. The second-order valence-electron chi connectivity index (χ2n) is 5.37. The number of nitrogens with one attached hydrogen (secondary N) is 1. The smallest absolute Gasteiger partial charge is 0.124 e. The third-order valence-corrected chi connectivity index (χ3v) is 4.40. The number of thiazole rings is 1. The van der Waals surface area contributed by atoms with Gasteiger partial charge in [0.15, 0.2) is 0 Å². The maximum Gasteiger partial charge on any atom is 0.124 e. The summed E-state index contributed by atoms with van der Waals surface area (Å²) in [6.45, 7) is 0.727. The third kappa shape index (κ3) is 3.95. The van der Waals surface area contributed by atoms with Crippen molar-refractivity contribution < 1.29 is 9.84 Å². The van der Waals surface area contributed by atoms with Crippen LogP contribution < -0.4 is 10.1 Å². The van der Waals surface area contributed by atoms with Crippen molar-refractivity contribution in [3.05, 3.63) is 40.8 Å². The molecule has 0 saturated heterocycles. The summed E-state index contributed by atoms with van der Waals surface area (Å²) in [5.74, 6) is 0.820. The van der Waals surface area contributed by atoms with Crippen LogP contribution in [0, 0.1) is 0 Å². The van der Waals surface area contributed by atoms with Crippen LogP contribution in [0.2, 0.25) is 0 Å². The fourth-order valence-corrected chi connectivity index (χ4v) is 3.12. The van der Waals surface area contributed by atoms with Crippen LogP contribution in [0.25, 0.3) is 0 Å². The van der Waals surface area contributed by atoms with E-state index in [0.29, 0.717) is 0 Å². The Hall–Kier alpha value is -1.59. The summed E-state index contributed by atoms with van der Waals surface area (Å²) in [5.41, 5.74) is 3.92. The lowest BCUT2D eigenvalue weighted by Gasteiger charge is -2.28. The molecule has 0 spiro atoms. The predicted molar refractivity (Wildman–Crippen MR) is 84.8 cm³/mol. The molecule has 1 heterocycles. The molecule has 1 fully saturated rings. The molecule has 2 atom stereocenters. The van der Waals surface area contributed by atoms with Gasteiger partial charge in [-0.05, 0) is 43.5 Å². The van der Waals surface area contributed by atoms with Crippen LogP contribution in [0.1, 0.15) is 31.4 Å². The number of hydrogen-bond acceptors (Lipinski definition) is 5. The quantitative estimate of drug-likeness (QED) is 0.888. The first-order valence-corrected chi connectivity index (χ1v) is 8.31. The van der Waals surface area contributed by atoms with Crippen LogP contribution in [0.4, 0.5) is 5.69 Å². The number of anilines is 1. The van der Waals surface area contributed by atoms with E-state index in [-0.39, 0.29) is 12.2 Å². The topological polar surface area (TPSA) is 54.4 Å². The summed E-state index contributed by atoms with van der Waals surface area (Å²) in [6.07, 6.45) is 3.62. The van der Waals surface area contributed by atoms with Crippen LogP contribution in [0.5, 0.6) is 5.75 Å². The van der Waals surface area contributed by atoms with Crippen molar-refractivity contribution >= 4 is 17.0 Å². The van der Waals surface area contributed by atoms with Crippen LogP contribution in [-0.2, 0) is 6.54 Å². The number of hydrogen-bond donors (Lipinski definition) is 2. The summed E-state index contributed by atoms with van der Waals surface area (Å²) in [5, 5.41) is 15.3. The number of benzene rings is 1. The van der Waals surface area contributed by atoms with E-state index in [1.165, 1.54) is 0 Å². The van der Waals surface area contributed by atoms with Crippen molar-refractivity contribution in [1.82, 2.24) is 4.98 Å². The van der Waals surface area contributed by atoms with Gasteiger partial charge in [0.05, 0.1) is 23.9 Å². The lowest BCUT2D eigenvalue weighted by atomic mass is 9.95. The van der Waals surface area contributed by atoms with Crippen molar-refractivity contribution in [2.24, 2.45) is 0 Å². The number of aliphatic hydroxyl groups is 1. The van der Waals surface area contributed by atoms with E-state index in [9.17, 15) is 5.11 Å². The minimum Gasteiger partial charge on any atom is -0.488 e. The Morgan fingerprint density at radius 2 is 2.05 bits per heavy atom. The minimum absolute atomic E-state index is 0.0624. The van der Waals surface area contributed by atoms with Gasteiger partial charge in [-0.25, -0.2) is 4.98 Å². The van der Waals surface area contributed by atoms with Crippen molar-refractivity contribution in [1.29, 1.82) is 0 Å². The summed E-state index contributed by atoms with van der Waals surface area (Å²) >= 11 is 1.60. The molecule has 0 amide bonds. The van der Waals surface area contributed by atoms with E-state index in [1.54, 1.807) is 11.3 Å². The second-order valence-corrected chi connectivity index (χ2v) is 6.08. The highest BCUT2D eigenvalue weighted by molar-refractivity contribution is 7.07. The standard InChI is InChI=1S/C16H20N2O2S/c19-15-3-1-2-4-16(15)20-14-7-5-12(6-8-14)17-9-13-10-21-11-18-13/h5-8,10-11,15-17,19H,1-4,9H2. The van der Waals surface area contributed by atoms with Crippen molar-refractivity contribution in [3.63, 3.8) is 0 Å². The lowest BCUT2D eigenvalue weighted by molar-refractivity contribution is 0.00688. The first-order chi connectivity index (χ1) is 10.3. The molecule has 2 unspecified atom stereocenters. The van der Waals surface area contributed by atoms with Crippen LogP contribution in [0.15, 0.2) is 35.2 Å². The molecule has 2 N–H and O–H groups in total. The Morgan fingerprint density at radius 1 is 1.24 bits per heavy atom. The minimum atomic E-state index is -0.332. The van der Waals surface area contributed by atoms with E-state index in [2.05, 4.69) is 10.3 Å². The van der Waals surface area contributed by atoms with Crippen LogP contribution in [-0.4, -0.2) is 22.3 Å². The molecular formula is C16H20N2O2S. The number of rotatable bonds is 5. The third-order valence-electron chi connectivity index (χ3n) is 3.77. The van der Waals surface area contributed by atoms with Gasteiger partial charge in [0.25, 0.3) is 0 Å². The molecule has 1 aromatic heterocycles. The number of nitrogens with zero attached hydrogens (tertiary/aromatic N) is 1. The van der Waals surface area contributed by atoms with E-state index in [4.69, 9.17) is 4.74 Å². The van der Waals surface area contributed by atoms with E-state index in [0.717, 1.165) is 49.4 Å². The highest BCUT2D eigenvalue weighted by atomic mass is 32.1. The zero-order valence-corrected chi connectivity index (χ0v) is 12.7. The van der Waals surface area contributed by atoms with E-state index >= 15 is 0 Å². The van der Waals surface area contributed by atoms with E-state index in [1.807, 2.05) is 35.2 Å². The number of ether oxygens (including phenoxy) is 1. The second kappa shape index (κ2) is 6.91. The lowest BCUT2D eigenvalue weighted by Crippen LogP contribution is -2.34. The van der Waals surface area contributed by atoms with Gasteiger partial charge in [-0.2, -0.15) is 0 Å². The largest absolute Gasteiger partial charge is 0.488 e. The van der Waals surface area contributed by atoms with Gasteiger partial charge >= 0.3 is 0 Å². The predicted octanol–water partition coefficient (Wildman–Crippen LogP) is 3.44. The van der Waals surface area contributed by atoms with Crippen LogP contribution in [0.3, 0.4) is 0 Å². The normalized spacial score (nSPS) is 22.0. The van der Waals surface area contributed by atoms with Crippen molar-refractivity contribution in [3.8, 4) is 5.75 Å². The summed E-state index contributed by atoms with van der Waals surface area (Å²) in [7, 11) is 0. The Bertz CT molecular complexity index is 542. The summed E-state index contributed by atoms with van der Waals surface area (Å²) in [6, 6.07) is 7.89. The molecule has 1 aromatic carbocycles. The van der Waals surface area contributed by atoms with Gasteiger partial charge in [-0.1, -0.05) is 6.42 Å². The number of aromatic nitrogens is 1. The molecule has 112 valence electrons. The molecule has 1 aliphatic carbocycles. The SMILES string of the molecule is OC1CCCCC1Oc1ccc(NCc2cscn2)cc1. The van der Waals surface area contributed by atoms with Gasteiger partial charge in [0.2, 0.25) is 0 Å². The number of aliphatic hydroxyl groups excluding tert-OH is 1. The van der Waals surface area contributed by atoms with Crippen molar-refractivity contribution in [2.45, 2.75) is 44.4 Å². The summed E-state index contributed by atoms with van der Waals surface area (Å²) < 4.78 is 5.88. The Morgan fingerprint density at radius 3 is 2.76 bits per heavy atom. The highest BCUT2D eigenvalue weighted by Crippen LogP contribution is 2.25. The molecule has 5 heteroatoms. The monoisotopic (exact) mass is 304 g/mol. The zero-order chi connectivity index (χ0) is 14.5. The fourth-order valence-electron chi connectivity index (χ4n) is 2.56. The Kier molecular flexibility index (Phi) is 4.72. The summed E-state index contributed by atoms with van der Waals surface area (Å²) in [4.78, 5) is 4.24. The molecule has 1 saturated carbocycles. The van der Waals surface area contributed by atoms with Gasteiger partial charge in [0, 0.05) is 11.1 Å². The molecule has 0 bridgehead atoms. The molecule has 4 nitrogen and oxygen atoms in total. The first-order valence-electron chi connectivity index (χ1n) is 7.37. The molecule has 3 rings (SSSR count). The highest BCUT2D eigenvalue weighted by Gasteiger charge is 2.24. The molecule has 1 aliphatic rings. The van der Waals surface area contributed by atoms with Gasteiger partial charge < -0.3 is 15.2 Å². The Balaban J connectivity index is 1.53. The average molecular weight is 304 g/mol. The average Bonchev–Trinajstić information content (AvgIpc) is 3.02. The maximum absolute atomic E-state index is 9.93. The van der Waals surface area contributed by atoms with E-state index < -0.39 is 0 Å². The first kappa shape index (κ1) is 14.4. The molecule has 21 heavy (non-hydrogen) atoms. The van der Waals surface area contributed by atoms with Crippen LogP contribution >= 0.6 is 11.3 Å². The Labute approximate surface area is 128 Å². The van der Waals surface area contributed by atoms with Gasteiger partial charge in [-0.15, -0.1) is 11.3 Å². The molecular weight excluding hydrogens is 284 g/mol. The maximum atomic E-state index is 9.93. The van der Waals surface area contributed by atoms with Gasteiger partial charge in [0.1, 0.15) is 11.9 Å².